The van der Waals surface area contributed by atoms with Crippen molar-refractivity contribution in [3.63, 3.8) is 0 Å². The number of likely N-dealkylation sites (tertiary alicyclic amines) is 1. The molecule has 7 nitrogen and oxygen atoms in total. The molecule has 1 N–H and O–H groups in total. The molecule has 1 aliphatic rings. The lowest BCUT2D eigenvalue weighted by Crippen LogP contribution is -2.50. The number of carbonyl (C=O) groups is 2. The monoisotopic (exact) mass is 388 g/mol. The summed E-state index contributed by atoms with van der Waals surface area (Å²) in [7, 11) is 0. The van der Waals surface area contributed by atoms with E-state index in [1.54, 1.807) is 0 Å². The van der Waals surface area contributed by atoms with E-state index in [0.717, 1.165) is 4.88 Å². The molecule has 2 amide bonds. The van der Waals surface area contributed by atoms with Crippen LogP contribution in [0.1, 0.15) is 18.7 Å². The van der Waals surface area contributed by atoms with Crippen molar-refractivity contribution in [3.05, 3.63) is 23.4 Å². The van der Waals surface area contributed by atoms with Crippen LogP contribution in [0.3, 0.4) is 0 Å². The topological polar surface area (TPSA) is 88.3 Å². The summed E-state index contributed by atoms with van der Waals surface area (Å²) in [4.78, 5) is 24.9. The quantitative estimate of drug-likeness (QED) is 0.847. The minimum absolute atomic E-state index is 0.0791. The van der Waals surface area contributed by atoms with E-state index in [1.807, 2.05) is 17.5 Å². The van der Waals surface area contributed by atoms with Crippen molar-refractivity contribution in [1.29, 1.82) is 0 Å². The maximum absolute atomic E-state index is 12.6. The highest BCUT2D eigenvalue weighted by Gasteiger charge is 2.47. The van der Waals surface area contributed by atoms with Crippen LogP contribution in [0.25, 0.3) is 10.8 Å². The second-order valence-corrected chi connectivity index (χ2v) is 6.62. The van der Waals surface area contributed by atoms with E-state index in [4.69, 9.17) is 4.42 Å². The van der Waals surface area contributed by atoms with E-state index in [9.17, 15) is 22.8 Å². The lowest BCUT2D eigenvalue weighted by Gasteiger charge is -2.24. The predicted molar refractivity (Wildman–Crippen MR) is 85.1 cm³/mol. The third kappa shape index (κ3) is 4.03. The van der Waals surface area contributed by atoms with Crippen LogP contribution in [0.4, 0.5) is 13.2 Å². The van der Waals surface area contributed by atoms with Crippen molar-refractivity contribution < 1.29 is 27.2 Å². The summed E-state index contributed by atoms with van der Waals surface area (Å²) in [6.45, 7) is 0.0414. The number of hydrogen-bond acceptors (Lipinski definition) is 6. The predicted octanol–water partition coefficient (Wildman–Crippen LogP) is 2.01. The molecule has 1 fully saturated rings. The number of carbonyl (C=O) groups excluding carboxylic acids is 2. The van der Waals surface area contributed by atoms with Crippen LogP contribution >= 0.6 is 11.3 Å². The highest BCUT2D eigenvalue weighted by Crippen LogP contribution is 2.26. The van der Waals surface area contributed by atoms with Gasteiger partial charge in [-0.3, -0.25) is 9.59 Å². The van der Waals surface area contributed by atoms with Crippen molar-refractivity contribution in [1.82, 2.24) is 20.4 Å². The SMILES string of the molecule is O=C(NCCc1nnc(-c2cccs2)o1)C1CCCN1C(=O)C(F)(F)F. The number of thiophene rings is 1. The normalized spacial score (nSPS) is 17.5. The van der Waals surface area contributed by atoms with Crippen molar-refractivity contribution in [2.45, 2.75) is 31.5 Å². The van der Waals surface area contributed by atoms with Gasteiger partial charge in [-0.2, -0.15) is 13.2 Å². The van der Waals surface area contributed by atoms with Gasteiger partial charge >= 0.3 is 12.1 Å². The van der Waals surface area contributed by atoms with Crippen molar-refractivity contribution in [2.24, 2.45) is 0 Å². The summed E-state index contributed by atoms with van der Waals surface area (Å²) in [5, 5.41) is 12.2. The molecule has 0 aliphatic carbocycles. The Morgan fingerprint density at radius 3 is 2.88 bits per heavy atom. The van der Waals surface area contributed by atoms with E-state index >= 15 is 0 Å². The molecule has 0 spiro atoms. The molecule has 2 aromatic rings. The summed E-state index contributed by atoms with van der Waals surface area (Å²) in [6.07, 6.45) is -4.18. The van der Waals surface area contributed by atoms with Gasteiger partial charge in [0.05, 0.1) is 4.88 Å². The number of aromatic nitrogens is 2. The molecule has 26 heavy (non-hydrogen) atoms. The fraction of sp³-hybridized carbons (Fsp3) is 0.467. The number of rotatable bonds is 5. The van der Waals surface area contributed by atoms with Crippen molar-refractivity contribution in [2.75, 3.05) is 13.1 Å². The molecule has 1 unspecified atom stereocenters. The lowest BCUT2D eigenvalue weighted by molar-refractivity contribution is -0.186. The van der Waals surface area contributed by atoms with Gasteiger partial charge in [-0.1, -0.05) is 6.07 Å². The minimum Gasteiger partial charge on any atom is -0.420 e. The third-order valence-corrected chi connectivity index (χ3v) is 4.75. The molecule has 1 aliphatic heterocycles. The molecule has 1 saturated heterocycles. The van der Waals surface area contributed by atoms with Crippen LogP contribution in [0.2, 0.25) is 0 Å². The van der Waals surface area contributed by atoms with Gasteiger partial charge in [-0.05, 0) is 24.3 Å². The lowest BCUT2D eigenvalue weighted by atomic mass is 10.2. The zero-order valence-electron chi connectivity index (χ0n) is 13.5. The Balaban J connectivity index is 1.52. The maximum atomic E-state index is 12.6. The molecule has 0 aromatic carbocycles. The summed E-state index contributed by atoms with van der Waals surface area (Å²) >= 11 is 1.44. The van der Waals surface area contributed by atoms with Crippen LogP contribution in [0.15, 0.2) is 21.9 Å². The Hall–Kier alpha value is -2.43. The summed E-state index contributed by atoms with van der Waals surface area (Å²) in [5.74, 6) is -1.91. The number of nitrogens with zero attached hydrogens (tertiary/aromatic N) is 3. The van der Waals surface area contributed by atoms with Crippen LogP contribution < -0.4 is 5.32 Å². The Labute approximate surface area is 150 Å². The van der Waals surface area contributed by atoms with Crippen LogP contribution in [-0.2, 0) is 16.0 Å². The highest BCUT2D eigenvalue weighted by atomic mass is 32.1. The van der Waals surface area contributed by atoms with Crippen molar-refractivity contribution >= 4 is 23.2 Å². The van der Waals surface area contributed by atoms with Gasteiger partial charge in [0.1, 0.15) is 6.04 Å². The molecule has 140 valence electrons. The number of nitrogens with one attached hydrogen (secondary N) is 1. The molecule has 0 radical (unpaired) electrons. The van der Waals surface area contributed by atoms with Crippen molar-refractivity contribution in [3.8, 4) is 10.8 Å². The average Bonchev–Trinajstić information content (AvgIpc) is 3.32. The summed E-state index contributed by atoms with van der Waals surface area (Å²) in [5.41, 5.74) is 0. The van der Waals surface area contributed by atoms with Crippen LogP contribution in [0, 0.1) is 0 Å². The molecule has 3 rings (SSSR count). The van der Waals surface area contributed by atoms with E-state index in [-0.39, 0.29) is 25.9 Å². The standard InChI is InChI=1S/C15H15F3N4O3S/c16-15(17,18)14(24)22-7-1-3-9(22)12(23)19-6-5-11-20-21-13(25-11)10-4-2-8-26-10/h2,4,8-9H,1,3,5-7H2,(H,19,23). The minimum atomic E-state index is -4.98. The summed E-state index contributed by atoms with van der Waals surface area (Å²) < 4.78 is 43.2. The Morgan fingerprint density at radius 2 is 2.19 bits per heavy atom. The first-order valence-corrected chi connectivity index (χ1v) is 8.76. The van der Waals surface area contributed by atoms with E-state index in [0.29, 0.717) is 23.1 Å². The van der Waals surface area contributed by atoms with Gasteiger partial charge < -0.3 is 14.6 Å². The van der Waals surface area contributed by atoms with Crippen LogP contribution in [-0.4, -0.2) is 52.2 Å². The zero-order chi connectivity index (χ0) is 18.7. The van der Waals surface area contributed by atoms with E-state index in [1.165, 1.54) is 11.3 Å². The largest absolute Gasteiger partial charge is 0.471 e. The Morgan fingerprint density at radius 1 is 1.38 bits per heavy atom. The first kappa shape index (κ1) is 18.4. The number of amides is 2. The van der Waals surface area contributed by atoms with Gasteiger partial charge in [0.2, 0.25) is 11.8 Å². The molecule has 11 heteroatoms. The number of halogens is 3. The Kier molecular flexibility index (Phi) is 5.25. The molecular weight excluding hydrogens is 373 g/mol. The van der Waals surface area contributed by atoms with Crippen LogP contribution in [0.5, 0.6) is 0 Å². The molecule has 3 heterocycles. The van der Waals surface area contributed by atoms with Gasteiger partial charge in [-0.25, -0.2) is 0 Å². The number of hydrogen-bond donors (Lipinski definition) is 1. The van der Waals surface area contributed by atoms with Gasteiger partial charge in [0, 0.05) is 19.5 Å². The third-order valence-electron chi connectivity index (χ3n) is 3.90. The highest BCUT2D eigenvalue weighted by molar-refractivity contribution is 7.13. The summed E-state index contributed by atoms with van der Waals surface area (Å²) in [6, 6.07) is 2.57. The average molecular weight is 388 g/mol. The number of alkyl halides is 3. The van der Waals surface area contributed by atoms with E-state index in [2.05, 4.69) is 15.5 Å². The fourth-order valence-corrected chi connectivity index (χ4v) is 3.35. The smallest absolute Gasteiger partial charge is 0.420 e. The molecule has 0 bridgehead atoms. The first-order valence-electron chi connectivity index (χ1n) is 7.88. The zero-order valence-corrected chi connectivity index (χ0v) is 14.3. The van der Waals surface area contributed by atoms with E-state index < -0.39 is 24.0 Å². The maximum Gasteiger partial charge on any atom is 0.471 e. The first-order chi connectivity index (χ1) is 12.4. The Bertz CT molecular complexity index is 775. The molecule has 1 atom stereocenters. The van der Waals surface area contributed by atoms with Gasteiger partial charge in [0.15, 0.2) is 0 Å². The molecule has 0 saturated carbocycles. The second-order valence-electron chi connectivity index (χ2n) is 5.67. The second kappa shape index (κ2) is 7.44. The molecular formula is C15H15F3N4O3S. The van der Waals surface area contributed by atoms with Gasteiger partial charge in [0.25, 0.3) is 5.89 Å². The fourth-order valence-electron chi connectivity index (χ4n) is 2.71. The molecule has 2 aromatic heterocycles. The van der Waals surface area contributed by atoms with Gasteiger partial charge in [-0.15, -0.1) is 21.5 Å².